The molecule has 0 N–H and O–H groups in total. The smallest absolute Gasteiger partial charge is 0.164 e. The van der Waals surface area contributed by atoms with Gasteiger partial charge in [-0.15, -0.1) is 0 Å². The van der Waals surface area contributed by atoms with Gasteiger partial charge >= 0.3 is 0 Å². The van der Waals surface area contributed by atoms with Gasteiger partial charge in [-0.2, -0.15) is 0 Å². The average Bonchev–Trinajstić information content (AvgIpc) is 3.18. The fourth-order valence-electron chi connectivity index (χ4n) is 7.59. The van der Waals surface area contributed by atoms with Gasteiger partial charge < -0.3 is 4.57 Å². The summed E-state index contributed by atoms with van der Waals surface area (Å²) in [4.78, 5) is 15.1. The summed E-state index contributed by atoms with van der Waals surface area (Å²) in [6, 6.07) is 51.2. The molecule has 1 saturated carbocycles. The molecule has 7 aromatic rings. The molecule has 0 radical (unpaired) electrons. The Morgan fingerprint density at radius 2 is 0.980 bits per heavy atom. The predicted octanol–water partition coefficient (Wildman–Crippen LogP) is 11.2. The van der Waals surface area contributed by atoms with Crippen molar-refractivity contribution in [2.45, 2.75) is 37.5 Å². The first kappa shape index (κ1) is 32.0. The van der Waals surface area contributed by atoms with E-state index in [1.165, 1.54) is 36.0 Å². The quantitative estimate of drug-likeness (QED) is 0.159. The van der Waals surface area contributed by atoms with Gasteiger partial charge in [0.05, 0.1) is 0 Å². The van der Waals surface area contributed by atoms with Crippen molar-refractivity contribution in [1.82, 2.24) is 15.0 Å². The van der Waals surface area contributed by atoms with Gasteiger partial charge in [0.1, 0.15) is 7.14 Å². The molecule has 0 unspecified atom stereocenters. The predicted molar refractivity (Wildman–Crippen MR) is 208 cm³/mol. The summed E-state index contributed by atoms with van der Waals surface area (Å²) in [7, 11) is -2.28. The monoisotopic (exact) mass is 669 g/mol. The lowest BCUT2D eigenvalue weighted by Crippen LogP contribution is -2.30. The van der Waals surface area contributed by atoms with Gasteiger partial charge in [0.2, 0.25) is 0 Å². The van der Waals surface area contributed by atoms with Crippen molar-refractivity contribution in [3.8, 4) is 45.3 Å². The van der Waals surface area contributed by atoms with Crippen LogP contribution in [-0.2, 0) is 9.98 Å². The first-order valence-electron chi connectivity index (χ1n) is 17.5. The summed E-state index contributed by atoms with van der Waals surface area (Å²) >= 11 is 0. The zero-order valence-electron chi connectivity index (χ0n) is 28.6. The molecular weight excluding hydrogens is 629 g/mol. The first-order valence-corrected chi connectivity index (χ1v) is 20.1. The topological polar surface area (TPSA) is 55.7 Å². The number of rotatable bonds is 7. The van der Waals surface area contributed by atoms with E-state index >= 15 is 0 Å². The van der Waals surface area contributed by atoms with Gasteiger partial charge in [0.15, 0.2) is 17.5 Å². The van der Waals surface area contributed by atoms with Crippen molar-refractivity contribution < 1.29 is 4.57 Å². The Morgan fingerprint density at radius 3 is 1.60 bits per heavy atom. The molecule has 246 valence electrons. The molecule has 0 bridgehead atoms. The lowest BCUT2D eigenvalue weighted by atomic mass is 9.65. The van der Waals surface area contributed by atoms with Crippen molar-refractivity contribution in [3.05, 3.63) is 157 Å². The zero-order valence-corrected chi connectivity index (χ0v) is 29.5. The standard InChI is InChI=1S/C45H40N3OP/c1-50(2,49)39-28-22-33(23-29-39)32-18-24-37(25-19-32)45(30-9-4-10-31-45)38-26-20-36(21-27-38)43-46-42(35-13-5-3-6-14-35)47-44(48-43)41-17-11-15-34-12-7-8-16-40(34)41/h3,5-8,11-29H,4,9-10,30-31H2,1-2H3. The molecule has 0 spiro atoms. The average molecular weight is 670 g/mol. The van der Waals surface area contributed by atoms with Gasteiger partial charge in [-0.05, 0) is 59.2 Å². The lowest BCUT2D eigenvalue weighted by Gasteiger charge is -2.39. The van der Waals surface area contributed by atoms with Crippen LogP contribution < -0.4 is 5.30 Å². The molecule has 0 saturated heterocycles. The third-order valence-electron chi connectivity index (χ3n) is 10.4. The highest BCUT2D eigenvalue weighted by Gasteiger charge is 2.35. The molecule has 5 heteroatoms. The van der Waals surface area contributed by atoms with Crippen LogP contribution in [0.2, 0.25) is 0 Å². The zero-order chi connectivity index (χ0) is 34.1. The molecule has 1 aliphatic carbocycles. The van der Waals surface area contributed by atoms with E-state index in [0.717, 1.165) is 51.2 Å². The van der Waals surface area contributed by atoms with Crippen LogP contribution in [0.5, 0.6) is 0 Å². The van der Waals surface area contributed by atoms with Gasteiger partial charge in [0.25, 0.3) is 0 Å². The van der Waals surface area contributed by atoms with E-state index in [1.807, 2.05) is 43.7 Å². The van der Waals surface area contributed by atoms with E-state index in [1.54, 1.807) is 0 Å². The molecule has 4 nitrogen and oxygen atoms in total. The maximum atomic E-state index is 12.5. The Bertz CT molecular complexity index is 2320. The van der Waals surface area contributed by atoms with Crippen LogP contribution in [-0.4, -0.2) is 28.3 Å². The third kappa shape index (κ3) is 6.21. The second kappa shape index (κ2) is 13.3. The summed E-state index contributed by atoms with van der Waals surface area (Å²) in [6.45, 7) is 3.64. The maximum absolute atomic E-state index is 12.5. The van der Waals surface area contributed by atoms with Crippen molar-refractivity contribution in [1.29, 1.82) is 0 Å². The highest BCUT2D eigenvalue weighted by Crippen LogP contribution is 2.46. The van der Waals surface area contributed by atoms with Crippen LogP contribution in [0.25, 0.3) is 56.1 Å². The van der Waals surface area contributed by atoms with E-state index in [0.29, 0.717) is 17.5 Å². The van der Waals surface area contributed by atoms with Gasteiger partial charge in [-0.25, -0.2) is 15.0 Å². The largest absolute Gasteiger partial charge is 0.319 e. The van der Waals surface area contributed by atoms with Crippen LogP contribution >= 0.6 is 7.14 Å². The van der Waals surface area contributed by atoms with Crippen LogP contribution in [0.1, 0.15) is 43.2 Å². The molecule has 1 fully saturated rings. The van der Waals surface area contributed by atoms with E-state index in [-0.39, 0.29) is 5.41 Å². The summed E-state index contributed by atoms with van der Waals surface area (Å²) in [6.07, 6.45) is 5.94. The minimum atomic E-state index is -2.28. The molecule has 6 aromatic carbocycles. The van der Waals surface area contributed by atoms with Crippen LogP contribution in [0.4, 0.5) is 0 Å². The summed E-state index contributed by atoms with van der Waals surface area (Å²) in [5.74, 6) is 2.01. The van der Waals surface area contributed by atoms with Crippen molar-refractivity contribution in [3.63, 3.8) is 0 Å². The normalized spacial score (nSPS) is 14.4. The lowest BCUT2D eigenvalue weighted by molar-refractivity contribution is 0.346. The van der Waals surface area contributed by atoms with Crippen LogP contribution in [0.15, 0.2) is 146 Å². The highest BCUT2D eigenvalue weighted by molar-refractivity contribution is 7.70. The summed E-state index contributed by atoms with van der Waals surface area (Å²) in [5, 5.41) is 3.20. The van der Waals surface area contributed by atoms with Crippen molar-refractivity contribution >= 4 is 23.2 Å². The molecule has 1 aliphatic rings. The Hall–Kier alpha value is -5.18. The molecule has 1 heterocycles. The molecule has 0 aliphatic heterocycles. The fraction of sp³-hybridized carbons (Fsp3) is 0.178. The van der Waals surface area contributed by atoms with Gasteiger partial charge in [-0.3, -0.25) is 0 Å². The fourth-order valence-corrected chi connectivity index (χ4v) is 8.46. The molecular formula is C45H40N3OP. The minimum Gasteiger partial charge on any atom is -0.319 e. The number of fused-ring (bicyclic) bond motifs is 1. The van der Waals surface area contributed by atoms with Crippen molar-refractivity contribution in [2.75, 3.05) is 13.3 Å². The Morgan fingerprint density at radius 1 is 0.480 bits per heavy atom. The molecule has 0 atom stereocenters. The number of hydrogen-bond donors (Lipinski definition) is 0. The van der Waals surface area contributed by atoms with Crippen LogP contribution in [0.3, 0.4) is 0 Å². The number of nitrogens with zero attached hydrogens (tertiary/aromatic N) is 3. The second-order valence-electron chi connectivity index (χ2n) is 13.9. The number of benzene rings is 6. The van der Waals surface area contributed by atoms with Gasteiger partial charge in [0, 0.05) is 27.4 Å². The highest BCUT2D eigenvalue weighted by atomic mass is 31.2. The SMILES string of the molecule is CP(C)(=O)c1ccc(-c2ccc(C3(c4ccc(-c5nc(-c6ccccc6)nc(-c6cccc7ccccc67)n5)cc4)CCCCC3)cc2)cc1. The van der Waals surface area contributed by atoms with Crippen LogP contribution in [0, 0.1) is 0 Å². The van der Waals surface area contributed by atoms with Gasteiger partial charge in [-0.1, -0.05) is 165 Å². The second-order valence-corrected chi connectivity index (χ2v) is 17.1. The molecule has 0 amide bonds. The summed E-state index contributed by atoms with van der Waals surface area (Å²) in [5.41, 5.74) is 7.91. The molecule has 50 heavy (non-hydrogen) atoms. The summed E-state index contributed by atoms with van der Waals surface area (Å²) < 4.78 is 12.5. The minimum absolute atomic E-state index is 0.0430. The Kier molecular flexibility index (Phi) is 8.50. The Balaban J connectivity index is 1.16. The molecule has 8 rings (SSSR count). The third-order valence-corrected chi connectivity index (χ3v) is 11.9. The van der Waals surface area contributed by atoms with E-state index < -0.39 is 7.14 Å². The molecule has 1 aromatic heterocycles. The number of hydrogen-bond acceptors (Lipinski definition) is 4. The van der Waals surface area contributed by atoms with E-state index in [2.05, 4.69) is 115 Å². The van der Waals surface area contributed by atoms with E-state index in [9.17, 15) is 4.57 Å². The van der Waals surface area contributed by atoms with Crippen molar-refractivity contribution in [2.24, 2.45) is 0 Å². The first-order chi connectivity index (χ1) is 24.4. The Labute approximate surface area is 294 Å². The maximum Gasteiger partial charge on any atom is 0.164 e. The number of aromatic nitrogens is 3. The van der Waals surface area contributed by atoms with E-state index in [4.69, 9.17) is 15.0 Å².